The summed E-state index contributed by atoms with van der Waals surface area (Å²) in [6.45, 7) is 1.90. The highest BCUT2D eigenvalue weighted by Gasteiger charge is 2.41. The molecule has 2 aromatic rings. The van der Waals surface area contributed by atoms with Gasteiger partial charge in [-0.15, -0.1) is 5.10 Å². The fraction of sp³-hybridized carbons (Fsp3) is 0.500. The highest BCUT2D eigenvalue weighted by molar-refractivity contribution is 5.98. The Morgan fingerprint density at radius 1 is 1.45 bits per heavy atom. The van der Waals surface area contributed by atoms with E-state index in [1.165, 1.54) is 0 Å². The summed E-state index contributed by atoms with van der Waals surface area (Å²) < 4.78 is 42.5. The Bertz CT molecular complexity index is 604. The molecule has 108 valence electrons. The summed E-state index contributed by atoms with van der Waals surface area (Å²) in [4.78, 5) is 15.0. The predicted octanol–water partition coefficient (Wildman–Crippen LogP) is 1.41. The molecular formula is C10H10F3N5O2. The van der Waals surface area contributed by atoms with Gasteiger partial charge in [0.15, 0.2) is 11.5 Å². The number of carbonyl (C=O) groups excluding carboxylic acids is 1. The van der Waals surface area contributed by atoms with Crippen LogP contribution in [0.3, 0.4) is 0 Å². The number of aromatic nitrogens is 5. The molecule has 0 aliphatic heterocycles. The highest BCUT2D eigenvalue weighted by atomic mass is 19.4. The van der Waals surface area contributed by atoms with Crippen molar-refractivity contribution in [2.45, 2.75) is 32.5 Å². The number of Topliss-reactive ketones (excluding diaryl/α,β-unsaturated/α-hetero) is 1. The molecule has 7 nitrogen and oxygen atoms in total. The van der Waals surface area contributed by atoms with E-state index in [4.69, 9.17) is 4.52 Å². The molecule has 0 atom stereocenters. The predicted molar refractivity (Wildman–Crippen MR) is 57.8 cm³/mol. The molecule has 0 N–H and O–H groups in total. The van der Waals surface area contributed by atoms with E-state index in [0.717, 1.165) is 17.3 Å². The minimum atomic E-state index is -4.97. The van der Waals surface area contributed by atoms with E-state index in [9.17, 15) is 18.0 Å². The largest absolute Gasteiger partial charge is 0.456 e. The fourth-order valence-corrected chi connectivity index (χ4v) is 1.44. The zero-order chi connectivity index (χ0) is 14.8. The van der Waals surface area contributed by atoms with Crippen LogP contribution in [0.1, 0.15) is 35.5 Å². The Hall–Kier alpha value is -2.26. The van der Waals surface area contributed by atoms with Gasteiger partial charge < -0.3 is 4.52 Å². The van der Waals surface area contributed by atoms with Crippen LogP contribution in [0.15, 0.2) is 10.7 Å². The van der Waals surface area contributed by atoms with Gasteiger partial charge in [0, 0.05) is 6.42 Å². The number of nitrogens with zero attached hydrogens (tertiary/aromatic N) is 5. The van der Waals surface area contributed by atoms with E-state index >= 15 is 0 Å². The molecule has 0 radical (unpaired) electrons. The molecule has 2 aromatic heterocycles. The van der Waals surface area contributed by atoms with Crippen LogP contribution in [0.25, 0.3) is 0 Å². The summed E-state index contributed by atoms with van der Waals surface area (Å²) >= 11 is 0. The Kier molecular flexibility index (Phi) is 3.81. The van der Waals surface area contributed by atoms with E-state index in [-0.39, 0.29) is 12.4 Å². The van der Waals surface area contributed by atoms with Crippen molar-refractivity contribution in [3.63, 3.8) is 0 Å². The molecule has 0 aliphatic carbocycles. The molecule has 2 rings (SSSR count). The third-order valence-electron chi connectivity index (χ3n) is 2.31. The topological polar surface area (TPSA) is 86.7 Å². The minimum absolute atomic E-state index is 0.0468. The van der Waals surface area contributed by atoms with Crippen LogP contribution in [-0.4, -0.2) is 37.1 Å². The average Bonchev–Trinajstić information content (AvgIpc) is 2.98. The SMILES string of the molecule is CCCc1noc(Cn2cc(C(=O)C(F)(F)F)nn2)n1. The van der Waals surface area contributed by atoms with Crippen molar-refractivity contribution in [2.75, 3.05) is 0 Å². The van der Waals surface area contributed by atoms with Gasteiger partial charge in [-0.3, -0.25) is 4.79 Å². The number of halogens is 3. The van der Waals surface area contributed by atoms with Crippen molar-refractivity contribution < 1.29 is 22.5 Å². The van der Waals surface area contributed by atoms with Crippen molar-refractivity contribution >= 4 is 5.78 Å². The van der Waals surface area contributed by atoms with Crippen LogP contribution in [-0.2, 0) is 13.0 Å². The lowest BCUT2D eigenvalue weighted by Gasteiger charge is -1.99. The first-order valence-corrected chi connectivity index (χ1v) is 5.73. The number of hydrogen-bond donors (Lipinski definition) is 0. The summed E-state index contributed by atoms with van der Waals surface area (Å²) in [5.41, 5.74) is -0.772. The zero-order valence-electron chi connectivity index (χ0n) is 10.4. The fourth-order valence-electron chi connectivity index (χ4n) is 1.44. The molecule has 0 aliphatic rings. The summed E-state index contributed by atoms with van der Waals surface area (Å²) in [5, 5.41) is 10.3. The number of aryl methyl sites for hydroxylation is 1. The van der Waals surface area contributed by atoms with E-state index in [2.05, 4.69) is 20.5 Å². The van der Waals surface area contributed by atoms with Crippen molar-refractivity contribution in [1.29, 1.82) is 0 Å². The summed E-state index contributed by atoms with van der Waals surface area (Å²) in [6.07, 6.45) is -2.61. The lowest BCUT2D eigenvalue weighted by molar-refractivity contribution is -0.0888. The molecule has 0 unspecified atom stereocenters. The smallest absolute Gasteiger partial charge is 0.337 e. The zero-order valence-corrected chi connectivity index (χ0v) is 10.4. The normalized spacial score (nSPS) is 11.8. The van der Waals surface area contributed by atoms with Crippen LogP contribution >= 0.6 is 0 Å². The monoisotopic (exact) mass is 289 g/mol. The summed E-state index contributed by atoms with van der Waals surface area (Å²) in [7, 11) is 0. The van der Waals surface area contributed by atoms with Crippen LogP contribution in [0, 0.1) is 0 Å². The molecule has 0 amide bonds. The Labute approximate surface area is 110 Å². The average molecular weight is 289 g/mol. The van der Waals surface area contributed by atoms with Gasteiger partial charge in [-0.05, 0) is 6.42 Å². The van der Waals surface area contributed by atoms with Gasteiger partial charge in [0.05, 0.1) is 6.20 Å². The van der Waals surface area contributed by atoms with Crippen LogP contribution in [0.5, 0.6) is 0 Å². The third kappa shape index (κ3) is 3.19. The second kappa shape index (κ2) is 5.39. The maximum atomic E-state index is 12.2. The Morgan fingerprint density at radius 3 is 2.85 bits per heavy atom. The molecule has 0 saturated carbocycles. The van der Waals surface area contributed by atoms with Gasteiger partial charge in [-0.2, -0.15) is 18.2 Å². The van der Waals surface area contributed by atoms with Gasteiger partial charge in [-0.25, -0.2) is 4.68 Å². The van der Waals surface area contributed by atoms with Gasteiger partial charge >= 0.3 is 6.18 Å². The van der Waals surface area contributed by atoms with Crippen molar-refractivity contribution in [2.24, 2.45) is 0 Å². The number of alkyl halides is 3. The van der Waals surface area contributed by atoms with Gasteiger partial charge in [0.25, 0.3) is 5.78 Å². The number of rotatable bonds is 5. The maximum Gasteiger partial charge on any atom is 0.456 e. The number of carbonyl (C=O) groups is 1. The molecular weight excluding hydrogens is 279 g/mol. The van der Waals surface area contributed by atoms with Gasteiger partial charge in [0.2, 0.25) is 5.89 Å². The summed E-state index contributed by atoms with van der Waals surface area (Å²) in [6, 6.07) is 0. The minimum Gasteiger partial charge on any atom is -0.337 e. The molecule has 0 bridgehead atoms. The second-order valence-corrected chi connectivity index (χ2v) is 3.98. The van der Waals surface area contributed by atoms with E-state index in [0.29, 0.717) is 12.2 Å². The lowest BCUT2D eigenvalue weighted by Crippen LogP contribution is -2.23. The summed E-state index contributed by atoms with van der Waals surface area (Å²) in [5.74, 6) is -1.35. The van der Waals surface area contributed by atoms with Crippen LogP contribution in [0.4, 0.5) is 13.2 Å². The molecule has 2 heterocycles. The lowest BCUT2D eigenvalue weighted by atomic mass is 10.3. The third-order valence-corrected chi connectivity index (χ3v) is 2.31. The first-order chi connectivity index (χ1) is 9.40. The number of ketones is 1. The number of hydrogen-bond acceptors (Lipinski definition) is 6. The Morgan fingerprint density at radius 2 is 2.20 bits per heavy atom. The maximum absolute atomic E-state index is 12.2. The standard InChI is InChI=1S/C10H10F3N5O2/c1-2-3-7-14-8(20-16-7)5-18-4-6(15-17-18)9(19)10(11,12)13/h4H,2-3,5H2,1H3. The van der Waals surface area contributed by atoms with Crippen molar-refractivity contribution in [3.05, 3.63) is 23.6 Å². The molecule has 0 spiro atoms. The first kappa shape index (κ1) is 14.2. The molecule has 0 saturated heterocycles. The molecule has 20 heavy (non-hydrogen) atoms. The quantitative estimate of drug-likeness (QED) is 0.773. The molecule has 10 heteroatoms. The van der Waals surface area contributed by atoms with Crippen molar-refractivity contribution in [3.8, 4) is 0 Å². The van der Waals surface area contributed by atoms with Crippen LogP contribution < -0.4 is 0 Å². The second-order valence-electron chi connectivity index (χ2n) is 3.98. The van der Waals surface area contributed by atoms with Crippen molar-refractivity contribution in [1.82, 2.24) is 25.1 Å². The van der Waals surface area contributed by atoms with Gasteiger partial charge in [-0.1, -0.05) is 17.3 Å². The first-order valence-electron chi connectivity index (χ1n) is 5.73. The van der Waals surface area contributed by atoms with Gasteiger partial charge in [0.1, 0.15) is 6.54 Å². The van der Waals surface area contributed by atoms with Crippen LogP contribution in [0.2, 0.25) is 0 Å². The van der Waals surface area contributed by atoms with E-state index < -0.39 is 17.7 Å². The van der Waals surface area contributed by atoms with E-state index in [1.807, 2.05) is 6.92 Å². The molecule has 0 fully saturated rings. The highest BCUT2D eigenvalue weighted by Crippen LogP contribution is 2.19. The van der Waals surface area contributed by atoms with E-state index in [1.54, 1.807) is 0 Å². The molecule has 0 aromatic carbocycles. The Balaban J connectivity index is 2.07.